The van der Waals surface area contributed by atoms with Crippen LogP contribution in [0.25, 0.3) is 0 Å². The van der Waals surface area contributed by atoms with E-state index in [1.807, 2.05) is 0 Å². The van der Waals surface area contributed by atoms with Crippen molar-refractivity contribution >= 4 is 43.0 Å². The first-order chi connectivity index (χ1) is 9.04. The maximum absolute atomic E-state index is 12.3. The summed E-state index contributed by atoms with van der Waals surface area (Å²) in [5.41, 5.74) is 0.469. The van der Waals surface area contributed by atoms with Crippen molar-refractivity contribution in [1.29, 1.82) is 0 Å². The molecule has 0 aromatic carbocycles. The molecule has 0 aliphatic rings. The van der Waals surface area contributed by atoms with Crippen molar-refractivity contribution in [3.05, 3.63) is 39.3 Å². The van der Waals surface area contributed by atoms with Gasteiger partial charge < -0.3 is 5.32 Å². The van der Waals surface area contributed by atoms with Gasteiger partial charge in [-0.3, -0.25) is 9.71 Å². The molecule has 0 fully saturated rings. The Balaban J connectivity index is 2.33. The van der Waals surface area contributed by atoms with Crippen LogP contribution in [0.3, 0.4) is 0 Å². The van der Waals surface area contributed by atoms with Crippen LogP contribution in [0.15, 0.2) is 39.3 Å². The van der Waals surface area contributed by atoms with Gasteiger partial charge in [-0.05, 0) is 40.5 Å². The topological polar surface area (TPSA) is 71.1 Å². The number of halogens is 1. The van der Waals surface area contributed by atoms with E-state index in [-0.39, 0.29) is 0 Å². The average Bonchev–Trinajstić information content (AvgIpc) is 2.81. The molecule has 0 unspecified atom stereocenters. The van der Waals surface area contributed by atoms with Crippen LogP contribution >= 0.6 is 27.3 Å². The molecule has 0 spiro atoms. The molecule has 2 aromatic heterocycles. The number of aromatic nitrogens is 1. The first kappa shape index (κ1) is 14.4. The van der Waals surface area contributed by atoms with Crippen molar-refractivity contribution in [3.63, 3.8) is 0 Å². The number of rotatable bonds is 5. The lowest BCUT2D eigenvalue weighted by atomic mass is 10.4. The molecule has 0 radical (unpaired) electrons. The lowest BCUT2D eigenvalue weighted by molar-refractivity contribution is 0.600. The zero-order valence-electron chi connectivity index (χ0n) is 10.1. The number of sulfonamides is 1. The fraction of sp³-hybridized carbons (Fsp3) is 0.182. The van der Waals surface area contributed by atoms with E-state index >= 15 is 0 Å². The summed E-state index contributed by atoms with van der Waals surface area (Å²) in [6, 6.07) is 3.21. The molecule has 0 atom stereocenters. The molecule has 0 bridgehead atoms. The Bertz CT molecular complexity index is 670. The SMILES string of the molecule is CNCc1sccc1S(=O)(=O)Nc1ccncc1Br. The average molecular weight is 362 g/mol. The second-order valence-corrected chi connectivity index (χ2v) is 7.21. The van der Waals surface area contributed by atoms with Gasteiger partial charge in [0.15, 0.2) is 0 Å². The minimum absolute atomic E-state index is 0.301. The van der Waals surface area contributed by atoms with Gasteiger partial charge in [-0.25, -0.2) is 8.42 Å². The Kier molecular flexibility index (Phi) is 4.56. The van der Waals surface area contributed by atoms with Crippen molar-refractivity contribution < 1.29 is 8.42 Å². The molecule has 0 saturated heterocycles. The Morgan fingerprint density at radius 1 is 1.42 bits per heavy atom. The number of anilines is 1. The van der Waals surface area contributed by atoms with Crippen LogP contribution in [0.4, 0.5) is 5.69 Å². The smallest absolute Gasteiger partial charge is 0.263 e. The van der Waals surface area contributed by atoms with Crippen molar-refractivity contribution in [2.75, 3.05) is 11.8 Å². The fourth-order valence-corrected chi connectivity index (χ4v) is 4.53. The molecular formula is C11H12BrN3O2S2. The van der Waals surface area contributed by atoms with Gasteiger partial charge in [0.05, 0.1) is 10.2 Å². The second kappa shape index (κ2) is 6.00. The van der Waals surface area contributed by atoms with Gasteiger partial charge in [-0.15, -0.1) is 11.3 Å². The Hall–Kier alpha value is -0.960. The molecular weight excluding hydrogens is 350 g/mol. The number of nitrogens with one attached hydrogen (secondary N) is 2. The number of pyridine rings is 1. The van der Waals surface area contributed by atoms with Crippen molar-refractivity contribution in [2.24, 2.45) is 0 Å². The van der Waals surface area contributed by atoms with Crippen molar-refractivity contribution in [1.82, 2.24) is 10.3 Å². The van der Waals surface area contributed by atoms with Crippen molar-refractivity contribution in [3.8, 4) is 0 Å². The van der Waals surface area contributed by atoms with Gasteiger partial charge in [-0.2, -0.15) is 0 Å². The van der Waals surface area contributed by atoms with E-state index < -0.39 is 10.0 Å². The highest BCUT2D eigenvalue weighted by Gasteiger charge is 2.20. The molecule has 0 aliphatic carbocycles. The lowest BCUT2D eigenvalue weighted by Crippen LogP contribution is -2.16. The minimum Gasteiger partial charge on any atom is -0.315 e. The van der Waals surface area contributed by atoms with Crippen LogP contribution in [0.2, 0.25) is 0 Å². The fourth-order valence-electron chi connectivity index (χ4n) is 1.52. The van der Waals surface area contributed by atoms with Crippen LogP contribution in [0.1, 0.15) is 4.88 Å². The highest BCUT2D eigenvalue weighted by atomic mass is 79.9. The first-order valence-corrected chi connectivity index (χ1v) is 8.53. The van der Waals surface area contributed by atoms with Gasteiger partial charge in [-0.1, -0.05) is 0 Å². The van der Waals surface area contributed by atoms with E-state index in [2.05, 4.69) is 31.0 Å². The summed E-state index contributed by atoms with van der Waals surface area (Å²) < 4.78 is 27.8. The summed E-state index contributed by atoms with van der Waals surface area (Å²) in [6.45, 7) is 0.519. The Morgan fingerprint density at radius 2 is 2.21 bits per heavy atom. The van der Waals surface area contributed by atoms with Crippen molar-refractivity contribution in [2.45, 2.75) is 11.4 Å². The van der Waals surface area contributed by atoms with Gasteiger partial charge in [0, 0.05) is 23.8 Å². The number of hydrogen-bond donors (Lipinski definition) is 2. The number of thiophene rings is 1. The van der Waals surface area contributed by atoms with E-state index in [4.69, 9.17) is 0 Å². The molecule has 2 heterocycles. The van der Waals surface area contributed by atoms with Crippen LogP contribution < -0.4 is 10.0 Å². The van der Waals surface area contributed by atoms with E-state index in [9.17, 15) is 8.42 Å². The Labute approximate surface area is 124 Å². The minimum atomic E-state index is -3.58. The largest absolute Gasteiger partial charge is 0.315 e. The third kappa shape index (κ3) is 3.33. The van der Waals surface area contributed by atoms with Gasteiger partial charge >= 0.3 is 0 Å². The zero-order chi connectivity index (χ0) is 13.9. The molecule has 5 nitrogen and oxygen atoms in total. The lowest BCUT2D eigenvalue weighted by Gasteiger charge is -2.09. The highest BCUT2D eigenvalue weighted by molar-refractivity contribution is 9.10. The molecule has 2 rings (SSSR count). The first-order valence-electron chi connectivity index (χ1n) is 5.38. The summed E-state index contributed by atoms with van der Waals surface area (Å²) in [5, 5.41) is 4.72. The van der Waals surface area contributed by atoms with E-state index in [0.29, 0.717) is 21.6 Å². The van der Waals surface area contributed by atoms with Crippen LogP contribution in [-0.2, 0) is 16.6 Å². The summed E-state index contributed by atoms with van der Waals surface area (Å²) >= 11 is 4.67. The zero-order valence-corrected chi connectivity index (χ0v) is 13.3. The maximum atomic E-state index is 12.3. The summed E-state index contributed by atoms with van der Waals surface area (Å²) in [4.78, 5) is 4.97. The molecule has 2 N–H and O–H groups in total. The molecule has 19 heavy (non-hydrogen) atoms. The second-order valence-electron chi connectivity index (χ2n) is 3.70. The van der Waals surface area contributed by atoms with Crippen LogP contribution in [0.5, 0.6) is 0 Å². The summed E-state index contributed by atoms with van der Waals surface area (Å²) in [7, 11) is -1.80. The van der Waals surface area contributed by atoms with E-state index in [1.54, 1.807) is 30.8 Å². The van der Waals surface area contributed by atoms with E-state index in [1.165, 1.54) is 17.5 Å². The van der Waals surface area contributed by atoms with Crippen LogP contribution in [0, 0.1) is 0 Å². The number of hydrogen-bond acceptors (Lipinski definition) is 5. The number of nitrogens with zero attached hydrogens (tertiary/aromatic N) is 1. The third-order valence-corrected chi connectivity index (χ3v) is 5.48. The van der Waals surface area contributed by atoms with Gasteiger partial charge in [0.1, 0.15) is 4.90 Å². The molecule has 0 aliphatic heterocycles. The normalized spacial score (nSPS) is 11.5. The predicted octanol–water partition coefficient (Wildman–Crippen LogP) is 2.43. The van der Waals surface area contributed by atoms with E-state index in [0.717, 1.165) is 4.88 Å². The quantitative estimate of drug-likeness (QED) is 0.857. The van der Waals surface area contributed by atoms with Crippen LogP contribution in [-0.4, -0.2) is 20.4 Å². The summed E-state index contributed by atoms with van der Waals surface area (Å²) in [5.74, 6) is 0. The predicted molar refractivity (Wildman–Crippen MR) is 79.8 cm³/mol. The maximum Gasteiger partial charge on any atom is 0.263 e. The molecule has 0 amide bonds. The monoisotopic (exact) mass is 361 g/mol. The molecule has 8 heteroatoms. The summed E-state index contributed by atoms with van der Waals surface area (Å²) in [6.07, 6.45) is 3.07. The van der Waals surface area contributed by atoms with Gasteiger partial charge in [0.2, 0.25) is 0 Å². The highest BCUT2D eigenvalue weighted by Crippen LogP contribution is 2.27. The third-order valence-electron chi connectivity index (χ3n) is 2.35. The molecule has 102 valence electrons. The standard InChI is InChI=1S/C11H12BrN3O2S2/c1-13-7-10-11(3-5-18-10)19(16,17)15-9-2-4-14-6-8(9)12/h2-6,13H,7H2,1H3,(H,14,15). The van der Waals surface area contributed by atoms with Gasteiger partial charge in [0.25, 0.3) is 10.0 Å². The molecule has 2 aromatic rings. The molecule has 0 saturated carbocycles. The Morgan fingerprint density at radius 3 is 2.89 bits per heavy atom.